The average molecular weight is 168 g/mol. The van der Waals surface area contributed by atoms with E-state index >= 15 is 0 Å². The van der Waals surface area contributed by atoms with Crippen LogP contribution < -0.4 is 5.73 Å². The highest BCUT2D eigenvalue weighted by Crippen LogP contribution is 2.31. The van der Waals surface area contributed by atoms with Crippen LogP contribution in [0.2, 0.25) is 0 Å². The molecule has 2 unspecified atom stereocenters. The molecule has 70 valence electrons. The van der Waals surface area contributed by atoms with E-state index in [0.29, 0.717) is 12.1 Å². The average Bonchev–Trinajstić information content (AvgIpc) is 2.83. The van der Waals surface area contributed by atoms with Crippen molar-refractivity contribution in [3.8, 4) is 0 Å². The van der Waals surface area contributed by atoms with Crippen molar-refractivity contribution in [1.29, 1.82) is 0 Å². The van der Waals surface area contributed by atoms with Crippen LogP contribution in [0.3, 0.4) is 0 Å². The van der Waals surface area contributed by atoms with Gasteiger partial charge in [-0.05, 0) is 45.1 Å². The third kappa shape index (κ3) is 1.80. The fourth-order valence-electron chi connectivity index (χ4n) is 2.14. The lowest BCUT2D eigenvalue weighted by atomic mass is 9.98. The van der Waals surface area contributed by atoms with Crippen LogP contribution in [0.5, 0.6) is 0 Å². The fourth-order valence-corrected chi connectivity index (χ4v) is 2.14. The maximum absolute atomic E-state index is 6.02. The van der Waals surface area contributed by atoms with Crippen molar-refractivity contribution >= 4 is 0 Å². The van der Waals surface area contributed by atoms with Crippen molar-refractivity contribution in [2.75, 3.05) is 13.1 Å². The third-order valence-electron chi connectivity index (χ3n) is 3.37. The maximum atomic E-state index is 6.02. The maximum Gasteiger partial charge on any atom is 0.0219 e. The zero-order chi connectivity index (χ0) is 8.55. The van der Waals surface area contributed by atoms with E-state index in [1.54, 1.807) is 0 Å². The molecule has 0 radical (unpaired) electrons. The Labute approximate surface area is 75.1 Å². The topological polar surface area (TPSA) is 29.3 Å². The first-order valence-corrected chi connectivity index (χ1v) is 5.27. The Balaban J connectivity index is 1.84. The van der Waals surface area contributed by atoms with Crippen LogP contribution in [-0.4, -0.2) is 30.1 Å². The molecule has 0 amide bonds. The highest BCUT2D eigenvalue weighted by atomic mass is 15.2. The number of likely N-dealkylation sites (tertiary alicyclic amines) is 1. The number of piperidine rings is 1. The van der Waals surface area contributed by atoms with E-state index in [2.05, 4.69) is 11.8 Å². The Morgan fingerprint density at radius 3 is 2.75 bits per heavy atom. The second-order valence-electron chi connectivity index (χ2n) is 4.48. The molecule has 2 rings (SSSR count). The molecular weight excluding hydrogens is 148 g/mol. The van der Waals surface area contributed by atoms with Crippen LogP contribution in [0.15, 0.2) is 0 Å². The van der Waals surface area contributed by atoms with Crippen molar-refractivity contribution in [3.05, 3.63) is 0 Å². The quantitative estimate of drug-likeness (QED) is 0.671. The summed E-state index contributed by atoms with van der Waals surface area (Å²) in [5.74, 6) is 1.01. The van der Waals surface area contributed by atoms with E-state index in [1.807, 2.05) is 0 Å². The second-order valence-corrected chi connectivity index (χ2v) is 4.48. The number of hydrogen-bond donors (Lipinski definition) is 1. The summed E-state index contributed by atoms with van der Waals surface area (Å²) in [6.45, 7) is 4.88. The van der Waals surface area contributed by atoms with E-state index in [1.165, 1.54) is 38.8 Å². The Hall–Kier alpha value is -0.0800. The van der Waals surface area contributed by atoms with Crippen LogP contribution in [0.4, 0.5) is 0 Å². The Bertz CT molecular complexity index is 154. The molecule has 1 saturated heterocycles. The van der Waals surface area contributed by atoms with Crippen molar-refractivity contribution in [2.45, 2.75) is 44.7 Å². The lowest BCUT2D eigenvalue weighted by molar-refractivity contribution is 0.135. The van der Waals surface area contributed by atoms with E-state index in [4.69, 9.17) is 5.73 Å². The first kappa shape index (κ1) is 8.52. The van der Waals surface area contributed by atoms with Crippen LogP contribution in [0, 0.1) is 5.92 Å². The molecule has 2 fully saturated rings. The van der Waals surface area contributed by atoms with E-state index in [0.717, 1.165) is 5.92 Å². The van der Waals surface area contributed by atoms with Crippen LogP contribution in [-0.2, 0) is 0 Å². The molecule has 0 aromatic rings. The minimum Gasteiger partial charge on any atom is -0.326 e. The summed E-state index contributed by atoms with van der Waals surface area (Å²) < 4.78 is 0. The molecule has 1 aliphatic heterocycles. The summed E-state index contributed by atoms with van der Waals surface area (Å²) in [5, 5.41) is 0. The molecule has 1 heterocycles. The molecule has 0 aromatic heterocycles. The standard InChI is InChI=1S/C10H20N2/c1-8-10(11)3-2-6-12(8)7-9-4-5-9/h8-10H,2-7,11H2,1H3. The van der Waals surface area contributed by atoms with Crippen LogP contribution >= 0.6 is 0 Å². The van der Waals surface area contributed by atoms with Gasteiger partial charge in [0, 0.05) is 18.6 Å². The van der Waals surface area contributed by atoms with Gasteiger partial charge in [-0.15, -0.1) is 0 Å². The van der Waals surface area contributed by atoms with Crippen molar-refractivity contribution in [1.82, 2.24) is 4.90 Å². The van der Waals surface area contributed by atoms with Gasteiger partial charge in [0.15, 0.2) is 0 Å². The number of rotatable bonds is 2. The molecule has 0 aromatic carbocycles. The molecule has 0 bridgehead atoms. The first-order valence-electron chi connectivity index (χ1n) is 5.27. The summed E-state index contributed by atoms with van der Waals surface area (Å²) in [6, 6.07) is 1.05. The van der Waals surface area contributed by atoms with Crippen LogP contribution in [0.25, 0.3) is 0 Å². The number of hydrogen-bond acceptors (Lipinski definition) is 2. The molecule has 1 saturated carbocycles. The predicted octanol–water partition coefficient (Wildman–Crippen LogP) is 1.21. The van der Waals surface area contributed by atoms with Gasteiger partial charge in [-0.3, -0.25) is 4.90 Å². The van der Waals surface area contributed by atoms with Gasteiger partial charge in [0.2, 0.25) is 0 Å². The van der Waals surface area contributed by atoms with Gasteiger partial charge in [0.25, 0.3) is 0 Å². The summed E-state index contributed by atoms with van der Waals surface area (Å²) in [5.41, 5.74) is 6.02. The largest absolute Gasteiger partial charge is 0.326 e. The number of nitrogens with zero attached hydrogens (tertiary/aromatic N) is 1. The molecule has 1 aliphatic carbocycles. The minimum atomic E-state index is 0.428. The smallest absolute Gasteiger partial charge is 0.0219 e. The fraction of sp³-hybridized carbons (Fsp3) is 1.00. The highest BCUT2D eigenvalue weighted by molar-refractivity contribution is 4.87. The molecule has 2 atom stereocenters. The van der Waals surface area contributed by atoms with E-state index in [-0.39, 0.29) is 0 Å². The van der Waals surface area contributed by atoms with E-state index in [9.17, 15) is 0 Å². The minimum absolute atomic E-state index is 0.428. The van der Waals surface area contributed by atoms with Gasteiger partial charge >= 0.3 is 0 Å². The summed E-state index contributed by atoms with van der Waals surface area (Å²) in [4.78, 5) is 2.59. The Kier molecular flexibility index (Phi) is 2.37. The summed E-state index contributed by atoms with van der Waals surface area (Å²) in [6.07, 6.45) is 5.44. The Morgan fingerprint density at radius 1 is 1.33 bits per heavy atom. The zero-order valence-corrected chi connectivity index (χ0v) is 8.00. The van der Waals surface area contributed by atoms with Gasteiger partial charge in [0.05, 0.1) is 0 Å². The second kappa shape index (κ2) is 3.35. The zero-order valence-electron chi connectivity index (χ0n) is 8.00. The van der Waals surface area contributed by atoms with Gasteiger partial charge < -0.3 is 5.73 Å². The van der Waals surface area contributed by atoms with Crippen LogP contribution in [0.1, 0.15) is 32.6 Å². The van der Waals surface area contributed by atoms with Gasteiger partial charge in [-0.2, -0.15) is 0 Å². The normalized spacial score (nSPS) is 38.5. The lowest BCUT2D eigenvalue weighted by Crippen LogP contribution is -2.50. The van der Waals surface area contributed by atoms with Crippen molar-refractivity contribution < 1.29 is 0 Å². The molecule has 2 N–H and O–H groups in total. The molecule has 0 spiro atoms. The monoisotopic (exact) mass is 168 g/mol. The van der Waals surface area contributed by atoms with Crippen molar-refractivity contribution in [2.24, 2.45) is 11.7 Å². The highest BCUT2D eigenvalue weighted by Gasteiger charge is 2.30. The third-order valence-corrected chi connectivity index (χ3v) is 3.37. The summed E-state index contributed by atoms with van der Waals surface area (Å²) in [7, 11) is 0. The lowest BCUT2D eigenvalue weighted by Gasteiger charge is -2.37. The predicted molar refractivity (Wildman–Crippen MR) is 51.0 cm³/mol. The van der Waals surface area contributed by atoms with Crippen molar-refractivity contribution in [3.63, 3.8) is 0 Å². The molecule has 2 aliphatic rings. The Morgan fingerprint density at radius 2 is 2.08 bits per heavy atom. The molecule has 2 nitrogen and oxygen atoms in total. The first-order chi connectivity index (χ1) is 5.77. The molecule has 2 heteroatoms. The van der Waals surface area contributed by atoms with E-state index < -0.39 is 0 Å². The molecule has 12 heavy (non-hydrogen) atoms. The SMILES string of the molecule is CC1C(N)CCCN1CC1CC1. The van der Waals surface area contributed by atoms with Gasteiger partial charge in [-0.25, -0.2) is 0 Å². The van der Waals surface area contributed by atoms with Gasteiger partial charge in [-0.1, -0.05) is 0 Å². The number of nitrogens with two attached hydrogens (primary N) is 1. The van der Waals surface area contributed by atoms with Gasteiger partial charge in [0.1, 0.15) is 0 Å². The molecular formula is C10H20N2. The summed E-state index contributed by atoms with van der Waals surface area (Å²) >= 11 is 0.